The molecule has 0 atom stereocenters. The molecule has 0 spiro atoms. The van der Waals surface area contributed by atoms with Crippen molar-refractivity contribution in [3.05, 3.63) is 89.0 Å². The predicted molar refractivity (Wildman–Crippen MR) is 93.6 cm³/mol. The van der Waals surface area contributed by atoms with Gasteiger partial charge in [-0.15, -0.1) is 0 Å². The fourth-order valence-corrected chi connectivity index (χ4v) is 2.41. The third kappa shape index (κ3) is 3.44. The number of carbonyl (C=O) groups is 1. The van der Waals surface area contributed by atoms with Gasteiger partial charge in [-0.3, -0.25) is 9.78 Å². The second-order valence-electron chi connectivity index (χ2n) is 5.27. The molecule has 2 aromatic carbocycles. The molecule has 3 aromatic rings. The number of hydrogen-bond acceptors (Lipinski definition) is 3. The van der Waals surface area contributed by atoms with E-state index in [1.165, 1.54) is 24.3 Å². The first-order chi connectivity index (χ1) is 11.5. The first-order valence-corrected chi connectivity index (χ1v) is 7.68. The molecule has 0 saturated heterocycles. The van der Waals surface area contributed by atoms with Crippen LogP contribution < -0.4 is 4.90 Å². The number of carbonyl (C=O) groups excluding carboxylic acids is 1. The van der Waals surface area contributed by atoms with E-state index in [-0.39, 0.29) is 11.6 Å². The number of rotatable bonds is 4. The van der Waals surface area contributed by atoms with Crippen LogP contribution in [0.1, 0.15) is 16.1 Å². The van der Waals surface area contributed by atoms with Crippen LogP contribution >= 0.6 is 11.6 Å². The van der Waals surface area contributed by atoms with Gasteiger partial charge >= 0.3 is 0 Å². The van der Waals surface area contributed by atoms with Crippen molar-refractivity contribution in [2.24, 2.45) is 0 Å². The summed E-state index contributed by atoms with van der Waals surface area (Å²) in [5.41, 5.74) is 2.52. The van der Waals surface area contributed by atoms with Crippen molar-refractivity contribution in [1.82, 2.24) is 4.98 Å². The zero-order chi connectivity index (χ0) is 17.1. The Balaban J connectivity index is 1.81. The number of halogens is 2. The molecule has 0 fully saturated rings. The number of anilines is 2. The third-order valence-corrected chi connectivity index (χ3v) is 3.94. The Morgan fingerprint density at radius 3 is 2.17 bits per heavy atom. The van der Waals surface area contributed by atoms with E-state index in [4.69, 9.17) is 11.6 Å². The molecule has 0 aliphatic rings. The maximum atomic E-state index is 12.9. The van der Waals surface area contributed by atoms with Gasteiger partial charge in [0.25, 0.3) is 0 Å². The smallest absolute Gasteiger partial charge is 0.211 e. The summed E-state index contributed by atoms with van der Waals surface area (Å²) in [4.78, 5) is 18.5. The van der Waals surface area contributed by atoms with Gasteiger partial charge in [0.05, 0.1) is 11.9 Å². The largest absolute Gasteiger partial charge is 0.343 e. The van der Waals surface area contributed by atoms with E-state index in [1.54, 1.807) is 12.3 Å². The highest BCUT2D eigenvalue weighted by Crippen LogP contribution is 2.24. The minimum Gasteiger partial charge on any atom is -0.343 e. The Morgan fingerprint density at radius 1 is 0.958 bits per heavy atom. The van der Waals surface area contributed by atoms with Crippen LogP contribution in [-0.2, 0) is 0 Å². The van der Waals surface area contributed by atoms with E-state index >= 15 is 0 Å². The van der Waals surface area contributed by atoms with Gasteiger partial charge in [0.1, 0.15) is 11.5 Å². The van der Waals surface area contributed by atoms with Crippen LogP contribution in [0.25, 0.3) is 0 Å². The Bertz CT molecular complexity index is 846. The third-order valence-electron chi connectivity index (χ3n) is 3.69. The van der Waals surface area contributed by atoms with Crippen LogP contribution in [0, 0.1) is 5.82 Å². The Kier molecular flexibility index (Phi) is 4.58. The monoisotopic (exact) mass is 340 g/mol. The minimum atomic E-state index is -0.376. The number of nitrogens with zero attached hydrogens (tertiary/aromatic N) is 2. The Hall–Kier alpha value is -2.72. The van der Waals surface area contributed by atoms with Gasteiger partial charge in [-0.25, -0.2) is 4.39 Å². The first-order valence-electron chi connectivity index (χ1n) is 7.30. The topological polar surface area (TPSA) is 33.2 Å². The molecular formula is C19H14ClFN2O. The molecule has 0 aliphatic carbocycles. The van der Waals surface area contributed by atoms with E-state index in [1.807, 2.05) is 42.3 Å². The lowest BCUT2D eigenvalue weighted by Gasteiger charge is -2.19. The zero-order valence-corrected chi connectivity index (χ0v) is 13.7. The SMILES string of the molecule is CN(c1ccc(Cl)cc1)c1ccc(C(=O)c2ccc(F)cc2)nc1. The van der Waals surface area contributed by atoms with Gasteiger partial charge in [0, 0.05) is 23.3 Å². The summed E-state index contributed by atoms with van der Waals surface area (Å²) in [6.07, 6.45) is 1.63. The molecular weight excluding hydrogens is 327 g/mol. The van der Waals surface area contributed by atoms with E-state index < -0.39 is 0 Å². The van der Waals surface area contributed by atoms with Crippen LogP contribution in [0.2, 0.25) is 5.02 Å². The molecule has 0 amide bonds. The normalized spacial score (nSPS) is 10.5. The quantitative estimate of drug-likeness (QED) is 0.635. The molecule has 0 aliphatic heterocycles. The number of pyridine rings is 1. The lowest BCUT2D eigenvalue weighted by molar-refractivity contribution is 0.103. The van der Waals surface area contributed by atoms with Gasteiger partial charge < -0.3 is 4.90 Å². The fraction of sp³-hybridized carbons (Fsp3) is 0.0526. The summed E-state index contributed by atoms with van der Waals surface area (Å²) in [6, 6.07) is 16.3. The molecule has 3 rings (SSSR count). The molecule has 0 unspecified atom stereocenters. The fourth-order valence-electron chi connectivity index (χ4n) is 2.28. The van der Waals surface area contributed by atoms with Gasteiger partial charge in [-0.1, -0.05) is 11.6 Å². The molecule has 1 heterocycles. The number of benzene rings is 2. The van der Waals surface area contributed by atoms with Crippen molar-refractivity contribution >= 4 is 28.8 Å². The molecule has 0 radical (unpaired) electrons. The number of ketones is 1. The van der Waals surface area contributed by atoms with E-state index in [0.29, 0.717) is 16.3 Å². The summed E-state index contributed by atoms with van der Waals surface area (Å²) in [6.45, 7) is 0. The highest BCUT2D eigenvalue weighted by molar-refractivity contribution is 6.30. The van der Waals surface area contributed by atoms with Gasteiger partial charge in [0.2, 0.25) is 5.78 Å². The minimum absolute atomic E-state index is 0.240. The number of aromatic nitrogens is 1. The van der Waals surface area contributed by atoms with Crippen molar-refractivity contribution in [3.63, 3.8) is 0 Å². The zero-order valence-electron chi connectivity index (χ0n) is 12.9. The summed E-state index contributed by atoms with van der Waals surface area (Å²) >= 11 is 5.89. The second kappa shape index (κ2) is 6.81. The molecule has 3 nitrogen and oxygen atoms in total. The molecule has 0 saturated carbocycles. The van der Waals surface area contributed by atoms with Crippen LogP contribution in [0.15, 0.2) is 66.9 Å². The van der Waals surface area contributed by atoms with Gasteiger partial charge in [-0.05, 0) is 60.7 Å². The maximum absolute atomic E-state index is 12.9. The van der Waals surface area contributed by atoms with Crippen molar-refractivity contribution < 1.29 is 9.18 Å². The van der Waals surface area contributed by atoms with Crippen LogP contribution in [0.5, 0.6) is 0 Å². The van der Waals surface area contributed by atoms with Crippen molar-refractivity contribution in [2.75, 3.05) is 11.9 Å². The van der Waals surface area contributed by atoms with E-state index in [9.17, 15) is 9.18 Å². The molecule has 1 aromatic heterocycles. The lowest BCUT2D eigenvalue weighted by Crippen LogP contribution is -2.11. The number of hydrogen-bond donors (Lipinski definition) is 0. The summed E-state index contributed by atoms with van der Waals surface area (Å²) in [7, 11) is 1.90. The lowest BCUT2D eigenvalue weighted by atomic mass is 10.1. The highest BCUT2D eigenvalue weighted by atomic mass is 35.5. The van der Waals surface area contributed by atoms with Crippen molar-refractivity contribution in [2.45, 2.75) is 0 Å². The first kappa shape index (κ1) is 16.1. The molecule has 24 heavy (non-hydrogen) atoms. The van der Waals surface area contributed by atoms with Crippen LogP contribution in [0.4, 0.5) is 15.8 Å². The van der Waals surface area contributed by atoms with Gasteiger partial charge in [-0.2, -0.15) is 0 Å². The van der Waals surface area contributed by atoms with Crippen molar-refractivity contribution in [3.8, 4) is 0 Å². The maximum Gasteiger partial charge on any atom is 0.211 e. The predicted octanol–water partition coefficient (Wildman–Crippen LogP) is 4.87. The Morgan fingerprint density at radius 2 is 1.58 bits per heavy atom. The molecule has 5 heteroatoms. The van der Waals surface area contributed by atoms with E-state index in [2.05, 4.69) is 4.98 Å². The van der Waals surface area contributed by atoms with Crippen molar-refractivity contribution in [1.29, 1.82) is 0 Å². The molecule has 120 valence electrons. The molecule has 0 N–H and O–H groups in total. The second-order valence-corrected chi connectivity index (χ2v) is 5.71. The average molecular weight is 341 g/mol. The van der Waals surface area contributed by atoms with Crippen LogP contribution in [-0.4, -0.2) is 17.8 Å². The average Bonchev–Trinajstić information content (AvgIpc) is 2.62. The Labute approximate surface area is 144 Å². The van der Waals surface area contributed by atoms with Gasteiger partial charge in [0.15, 0.2) is 0 Å². The van der Waals surface area contributed by atoms with Crippen LogP contribution in [0.3, 0.4) is 0 Å². The summed E-state index contributed by atoms with van der Waals surface area (Å²) in [5, 5.41) is 0.672. The van der Waals surface area contributed by atoms with E-state index in [0.717, 1.165) is 11.4 Å². The standard InChI is InChI=1S/C19H14ClFN2O/c1-23(16-8-4-14(20)5-9-16)17-10-11-18(22-12-17)19(24)13-2-6-15(21)7-3-13/h2-12H,1H3. The summed E-state index contributed by atoms with van der Waals surface area (Å²) in [5.74, 6) is -0.616. The highest BCUT2D eigenvalue weighted by Gasteiger charge is 2.12. The molecule has 0 bridgehead atoms. The summed E-state index contributed by atoms with van der Waals surface area (Å²) < 4.78 is 12.9.